The Labute approximate surface area is 93.6 Å². The van der Waals surface area contributed by atoms with Crippen molar-refractivity contribution in [2.45, 2.75) is 50.2 Å². The average Bonchev–Trinajstić information content (AvgIpc) is 2.41. The molecule has 15 heavy (non-hydrogen) atoms. The van der Waals surface area contributed by atoms with E-state index in [1.165, 1.54) is 25.7 Å². The van der Waals surface area contributed by atoms with Crippen LogP contribution in [0.2, 0.25) is 0 Å². The zero-order chi connectivity index (χ0) is 11.1. The minimum atomic E-state index is 0.249. The second-order valence-electron chi connectivity index (χ2n) is 5.59. The van der Waals surface area contributed by atoms with Crippen molar-refractivity contribution in [2.75, 3.05) is 27.2 Å². The summed E-state index contributed by atoms with van der Waals surface area (Å²) in [6, 6.07) is 1.48. The maximum Gasteiger partial charge on any atom is 0.0473 e. The van der Waals surface area contributed by atoms with Crippen LogP contribution >= 0.6 is 0 Å². The Bertz CT molecular complexity index is 215. The van der Waals surface area contributed by atoms with Crippen molar-refractivity contribution < 1.29 is 0 Å². The Balaban J connectivity index is 2.07. The highest BCUT2D eigenvalue weighted by Gasteiger charge is 2.45. The predicted molar refractivity (Wildman–Crippen MR) is 63.9 cm³/mol. The van der Waals surface area contributed by atoms with E-state index in [0.717, 1.165) is 19.1 Å². The molecule has 0 radical (unpaired) electrons. The zero-order valence-corrected chi connectivity index (χ0v) is 10.4. The monoisotopic (exact) mass is 211 g/mol. The summed E-state index contributed by atoms with van der Waals surface area (Å²) in [5, 5.41) is 0. The highest BCUT2D eigenvalue weighted by Crippen LogP contribution is 2.36. The number of likely N-dealkylation sites (tertiary alicyclic amines) is 1. The van der Waals surface area contributed by atoms with E-state index in [2.05, 4.69) is 30.8 Å². The number of nitrogens with two attached hydrogens (primary N) is 1. The molecule has 3 heteroatoms. The van der Waals surface area contributed by atoms with Gasteiger partial charge in [-0.1, -0.05) is 6.42 Å². The standard InChI is InChI=1S/C12H25N3/c1-10-7-12(8-13,9-14(10)2)15(3)11-5-4-6-11/h10-11H,4-9,13H2,1-3H3. The molecule has 0 bridgehead atoms. The first-order valence-corrected chi connectivity index (χ1v) is 6.22. The van der Waals surface area contributed by atoms with Crippen LogP contribution in [0.3, 0.4) is 0 Å². The van der Waals surface area contributed by atoms with Crippen LogP contribution < -0.4 is 5.73 Å². The van der Waals surface area contributed by atoms with Crippen LogP contribution in [0, 0.1) is 0 Å². The Morgan fingerprint density at radius 1 is 1.47 bits per heavy atom. The van der Waals surface area contributed by atoms with Crippen molar-refractivity contribution in [3.05, 3.63) is 0 Å². The van der Waals surface area contributed by atoms with Crippen molar-refractivity contribution >= 4 is 0 Å². The van der Waals surface area contributed by atoms with E-state index in [1.54, 1.807) is 0 Å². The topological polar surface area (TPSA) is 32.5 Å². The molecule has 1 heterocycles. The molecule has 1 aliphatic carbocycles. The number of rotatable bonds is 3. The first-order chi connectivity index (χ1) is 7.09. The molecule has 88 valence electrons. The molecule has 2 rings (SSSR count). The predicted octanol–water partition coefficient (Wildman–Crippen LogP) is 0.892. The lowest BCUT2D eigenvalue weighted by Crippen LogP contribution is -2.58. The van der Waals surface area contributed by atoms with Crippen LogP contribution in [0.1, 0.15) is 32.6 Å². The second kappa shape index (κ2) is 4.04. The molecular weight excluding hydrogens is 186 g/mol. The van der Waals surface area contributed by atoms with Gasteiger partial charge in [-0.05, 0) is 40.3 Å². The molecule has 2 unspecified atom stereocenters. The van der Waals surface area contributed by atoms with Crippen LogP contribution in [0.25, 0.3) is 0 Å². The SMILES string of the molecule is CC1CC(CN)(N(C)C2CCC2)CN1C. The van der Waals surface area contributed by atoms with Crippen LogP contribution in [-0.4, -0.2) is 54.6 Å². The fraction of sp³-hybridized carbons (Fsp3) is 1.00. The summed E-state index contributed by atoms with van der Waals surface area (Å²) in [7, 11) is 4.50. The van der Waals surface area contributed by atoms with E-state index >= 15 is 0 Å². The van der Waals surface area contributed by atoms with Crippen molar-refractivity contribution in [1.29, 1.82) is 0 Å². The molecule has 1 saturated carbocycles. The lowest BCUT2D eigenvalue weighted by atomic mass is 9.85. The zero-order valence-electron chi connectivity index (χ0n) is 10.4. The molecule has 3 nitrogen and oxygen atoms in total. The third-order valence-corrected chi connectivity index (χ3v) is 4.72. The number of hydrogen-bond donors (Lipinski definition) is 1. The van der Waals surface area contributed by atoms with E-state index in [0.29, 0.717) is 6.04 Å². The minimum absolute atomic E-state index is 0.249. The number of nitrogens with zero attached hydrogens (tertiary/aromatic N) is 2. The molecule has 0 amide bonds. The molecule has 0 aromatic carbocycles. The van der Waals surface area contributed by atoms with E-state index in [-0.39, 0.29) is 5.54 Å². The smallest absolute Gasteiger partial charge is 0.0473 e. The first-order valence-electron chi connectivity index (χ1n) is 6.22. The van der Waals surface area contributed by atoms with Gasteiger partial charge < -0.3 is 10.6 Å². The third kappa shape index (κ3) is 1.81. The fourth-order valence-electron chi connectivity index (χ4n) is 3.10. The molecular formula is C12H25N3. The molecule has 0 aromatic heterocycles. The average molecular weight is 211 g/mol. The Hall–Kier alpha value is -0.120. The second-order valence-corrected chi connectivity index (χ2v) is 5.59. The summed E-state index contributed by atoms with van der Waals surface area (Å²) in [5.74, 6) is 0. The Morgan fingerprint density at radius 3 is 2.47 bits per heavy atom. The van der Waals surface area contributed by atoms with Gasteiger partial charge in [-0.3, -0.25) is 4.90 Å². The summed E-state index contributed by atoms with van der Waals surface area (Å²) >= 11 is 0. The molecule has 1 aliphatic heterocycles. The maximum absolute atomic E-state index is 6.04. The van der Waals surface area contributed by atoms with Gasteiger partial charge in [-0.2, -0.15) is 0 Å². The fourth-order valence-corrected chi connectivity index (χ4v) is 3.10. The van der Waals surface area contributed by atoms with E-state index in [1.807, 2.05) is 0 Å². The number of hydrogen-bond acceptors (Lipinski definition) is 3. The molecule has 1 saturated heterocycles. The summed E-state index contributed by atoms with van der Waals surface area (Å²) in [4.78, 5) is 5.03. The van der Waals surface area contributed by atoms with Gasteiger partial charge in [0.15, 0.2) is 0 Å². The highest BCUT2D eigenvalue weighted by atomic mass is 15.3. The van der Waals surface area contributed by atoms with E-state index in [9.17, 15) is 0 Å². The summed E-state index contributed by atoms with van der Waals surface area (Å²) in [5.41, 5.74) is 6.29. The van der Waals surface area contributed by atoms with Gasteiger partial charge in [0.05, 0.1) is 0 Å². The summed E-state index contributed by atoms with van der Waals surface area (Å²) < 4.78 is 0. The molecule has 2 fully saturated rings. The van der Waals surface area contributed by atoms with Crippen molar-refractivity contribution in [3.8, 4) is 0 Å². The van der Waals surface area contributed by atoms with Crippen LogP contribution in [-0.2, 0) is 0 Å². The third-order valence-electron chi connectivity index (χ3n) is 4.72. The van der Waals surface area contributed by atoms with Gasteiger partial charge in [0.25, 0.3) is 0 Å². The normalized spacial score (nSPS) is 38.6. The Morgan fingerprint density at radius 2 is 2.13 bits per heavy atom. The quantitative estimate of drug-likeness (QED) is 0.752. The Kier molecular flexibility index (Phi) is 3.06. The van der Waals surface area contributed by atoms with Gasteiger partial charge >= 0.3 is 0 Å². The van der Waals surface area contributed by atoms with E-state index in [4.69, 9.17) is 5.73 Å². The largest absolute Gasteiger partial charge is 0.329 e. The number of likely N-dealkylation sites (N-methyl/N-ethyl adjacent to an activating group) is 2. The van der Waals surface area contributed by atoms with Gasteiger partial charge in [0, 0.05) is 30.7 Å². The molecule has 0 aromatic rings. The maximum atomic E-state index is 6.04. The lowest BCUT2D eigenvalue weighted by Gasteiger charge is -2.46. The molecule has 0 spiro atoms. The van der Waals surface area contributed by atoms with Crippen molar-refractivity contribution in [1.82, 2.24) is 9.80 Å². The minimum Gasteiger partial charge on any atom is -0.329 e. The highest BCUT2D eigenvalue weighted by molar-refractivity contribution is 5.04. The van der Waals surface area contributed by atoms with Crippen LogP contribution in [0.4, 0.5) is 0 Å². The van der Waals surface area contributed by atoms with Crippen LogP contribution in [0.5, 0.6) is 0 Å². The van der Waals surface area contributed by atoms with Crippen molar-refractivity contribution in [2.24, 2.45) is 5.73 Å². The van der Waals surface area contributed by atoms with Crippen LogP contribution in [0.15, 0.2) is 0 Å². The summed E-state index contributed by atoms with van der Waals surface area (Å²) in [6.45, 7) is 4.25. The molecule has 2 atom stereocenters. The summed E-state index contributed by atoms with van der Waals surface area (Å²) in [6.07, 6.45) is 5.38. The lowest BCUT2D eigenvalue weighted by molar-refractivity contribution is 0.0447. The van der Waals surface area contributed by atoms with Gasteiger partial charge in [0.1, 0.15) is 0 Å². The van der Waals surface area contributed by atoms with Gasteiger partial charge in [0.2, 0.25) is 0 Å². The van der Waals surface area contributed by atoms with E-state index < -0.39 is 0 Å². The van der Waals surface area contributed by atoms with Gasteiger partial charge in [-0.15, -0.1) is 0 Å². The molecule has 2 aliphatic rings. The first kappa shape index (κ1) is 11.4. The van der Waals surface area contributed by atoms with Gasteiger partial charge in [-0.25, -0.2) is 0 Å². The van der Waals surface area contributed by atoms with Crippen molar-refractivity contribution in [3.63, 3.8) is 0 Å². The molecule has 2 N–H and O–H groups in total.